The Morgan fingerprint density at radius 2 is 2.03 bits per heavy atom. The number of nitrogen functional groups attached to an aromatic ring is 1. The standard InChI is InChI=1S/C20H20N6O4/c21-19-24-17-16(18(29)25-19)23-20(26(17)15-8-13(28)14(9-27)30-15)22-12-6-5-10-3-1-2-4-11(10)7-12/h1-7,13-15,27-28H,8-9H2,(H,22,23)(H3,21,24,25,29)/t13-,14+,15+/m1/s1. The van der Waals surface area contributed by atoms with Gasteiger partial charge in [-0.25, -0.2) is 4.98 Å². The van der Waals surface area contributed by atoms with Crippen molar-refractivity contribution in [1.82, 2.24) is 19.5 Å². The van der Waals surface area contributed by atoms with Gasteiger partial charge in [0, 0.05) is 12.1 Å². The average molecular weight is 408 g/mol. The number of benzene rings is 2. The van der Waals surface area contributed by atoms with Gasteiger partial charge in [0.05, 0.1) is 12.7 Å². The van der Waals surface area contributed by atoms with E-state index in [0.29, 0.717) is 5.95 Å². The first-order valence-electron chi connectivity index (χ1n) is 9.51. The smallest absolute Gasteiger partial charge is 0.280 e. The number of ether oxygens (including phenoxy) is 1. The van der Waals surface area contributed by atoms with Crippen LogP contribution in [0.25, 0.3) is 21.9 Å². The number of aliphatic hydroxyl groups excluding tert-OH is 2. The lowest BCUT2D eigenvalue weighted by Gasteiger charge is -2.17. The zero-order valence-electron chi connectivity index (χ0n) is 15.8. The molecule has 0 amide bonds. The van der Waals surface area contributed by atoms with Crippen LogP contribution in [0.4, 0.5) is 17.6 Å². The molecule has 3 heterocycles. The van der Waals surface area contributed by atoms with Crippen molar-refractivity contribution in [3.63, 3.8) is 0 Å². The lowest BCUT2D eigenvalue weighted by atomic mass is 10.1. The summed E-state index contributed by atoms with van der Waals surface area (Å²) < 4.78 is 7.39. The maximum absolute atomic E-state index is 12.4. The van der Waals surface area contributed by atoms with E-state index in [0.717, 1.165) is 16.5 Å². The Morgan fingerprint density at radius 1 is 1.23 bits per heavy atom. The molecule has 4 aromatic rings. The minimum Gasteiger partial charge on any atom is -0.394 e. The molecular formula is C20H20N6O4. The van der Waals surface area contributed by atoms with Gasteiger partial charge in [-0.05, 0) is 22.9 Å². The van der Waals surface area contributed by atoms with Crippen molar-refractivity contribution in [2.45, 2.75) is 24.9 Å². The zero-order valence-corrected chi connectivity index (χ0v) is 15.8. The van der Waals surface area contributed by atoms with Gasteiger partial charge in [0.15, 0.2) is 11.2 Å². The van der Waals surface area contributed by atoms with Crippen LogP contribution in [-0.2, 0) is 4.74 Å². The first-order chi connectivity index (χ1) is 14.5. The molecule has 154 valence electrons. The number of aliphatic hydroxyl groups is 2. The zero-order chi connectivity index (χ0) is 20.8. The molecule has 1 fully saturated rings. The number of H-pyrrole nitrogens is 1. The summed E-state index contributed by atoms with van der Waals surface area (Å²) in [6, 6.07) is 13.8. The predicted molar refractivity (Wildman–Crippen MR) is 111 cm³/mol. The third kappa shape index (κ3) is 3.07. The number of hydrogen-bond acceptors (Lipinski definition) is 8. The monoisotopic (exact) mass is 408 g/mol. The normalized spacial score (nSPS) is 21.5. The molecule has 5 rings (SSSR count). The number of hydrogen-bond donors (Lipinski definition) is 5. The van der Waals surface area contributed by atoms with Crippen LogP contribution in [0.2, 0.25) is 0 Å². The summed E-state index contributed by atoms with van der Waals surface area (Å²) in [6.45, 7) is -0.326. The van der Waals surface area contributed by atoms with E-state index < -0.39 is 24.0 Å². The molecule has 6 N–H and O–H groups in total. The highest BCUT2D eigenvalue weighted by Crippen LogP contribution is 2.34. The predicted octanol–water partition coefficient (Wildman–Crippen LogP) is 1.24. The molecule has 1 aliphatic heterocycles. The van der Waals surface area contributed by atoms with Crippen LogP contribution in [-0.4, -0.2) is 48.5 Å². The molecule has 1 aliphatic rings. The quantitative estimate of drug-likeness (QED) is 0.338. The highest BCUT2D eigenvalue weighted by atomic mass is 16.5. The summed E-state index contributed by atoms with van der Waals surface area (Å²) in [4.78, 5) is 23.5. The molecule has 0 radical (unpaired) electrons. The van der Waals surface area contributed by atoms with Crippen LogP contribution >= 0.6 is 0 Å². The van der Waals surface area contributed by atoms with Gasteiger partial charge < -0.3 is 26.0 Å². The van der Waals surface area contributed by atoms with Gasteiger partial charge in [-0.1, -0.05) is 30.3 Å². The molecule has 0 aliphatic carbocycles. The molecule has 2 aromatic carbocycles. The fraction of sp³-hybridized carbons (Fsp3) is 0.250. The number of aromatic nitrogens is 4. The van der Waals surface area contributed by atoms with Gasteiger partial charge >= 0.3 is 0 Å². The Kier molecular flexibility index (Phi) is 4.39. The van der Waals surface area contributed by atoms with E-state index in [-0.39, 0.29) is 30.1 Å². The first kappa shape index (κ1) is 18.6. The number of nitrogens with one attached hydrogen (secondary N) is 2. The largest absolute Gasteiger partial charge is 0.394 e. The van der Waals surface area contributed by atoms with Crippen LogP contribution in [0.5, 0.6) is 0 Å². The first-order valence-corrected chi connectivity index (χ1v) is 9.51. The SMILES string of the molecule is Nc1nc2c(nc(Nc3ccc4ccccc4c3)n2[C@@H]2C[C@@H](O)[C@H](CO)O2)c(=O)[nH]1. The molecule has 10 nitrogen and oxygen atoms in total. The van der Waals surface area contributed by atoms with Gasteiger partial charge in [0.2, 0.25) is 11.9 Å². The Hall–Kier alpha value is -3.47. The lowest BCUT2D eigenvalue weighted by Crippen LogP contribution is -2.24. The van der Waals surface area contributed by atoms with Crippen molar-refractivity contribution < 1.29 is 14.9 Å². The molecule has 10 heteroatoms. The average Bonchev–Trinajstić information content (AvgIpc) is 3.27. The third-order valence-electron chi connectivity index (χ3n) is 5.25. The van der Waals surface area contributed by atoms with Gasteiger partial charge in [0.25, 0.3) is 5.56 Å². The Bertz CT molecular complexity index is 1300. The van der Waals surface area contributed by atoms with Crippen LogP contribution in [0.15, 0.2) is 47.3 Å². The summed E-state index contributed by atoms with van der Waals surface area (Å²) in [5.41, 5.74) is 6.35. The van der Waals surface area contributed by atoms with Crippen molar-refractivity contribution in [2.75, 3.05) is 17.7 Å². The molecule has 0 saturated carbocycles. The fourth-order valence-corrected chi connectivity index (χ4v) is 3.80. The molecular weight excluding hydrogens is 388 g/mol. The topological polar surface area (TPSA) is 151 Å². The number of anilines is 3. The van der Waals surface area contributed by atoms with Crippen LogP contribution < -0.4 is 16.6 Å². The van der Waals surface area contributed by atoms with E-state index >= 15 is 0 Å². The number of nitrogens with two attached hydrogens (primary N) is 1. The molecule has 2 aromatic heterocycles. The minimum absolute atomic E-state index is 0.0526. The van der Waals surface area contributed by atoms with Crippen molar-refractivity contribution in [3.05, 3.63) is 52.8 Å². The van der Waals surface area contributed by atoms with E-state index in [1.54, 1.807) is 4.57 Å². The Labute approximate surface area is 170 Å². The van der Waals surface area contributed by atoms with Crippen LogP contribution in [0.3, 0.4) is 0 Å². The molecule has 0 unspecified atom stereocenters. The minimum atomic E-state index is -0.856. The Balaban J connectivity index is 1.63. The van der Waals surface area contributed by atoms with E-state index in [9.17, 15) is 15.0 Å². The van der Waals surface area contributed by atoms with E-state index in [1.165, 1.54) is 0 Å². The van der Waals surface area contributed by atoms with E-state index in [2.05, 4.69) is 20.3 Å². The molecule has 30 heavy (non-hydrogen) atoms. The maximum Gasteiger partial charge on any atom is 0.280 e. The number of aromatic amines is 1. The second-order valence-electron chi connectivity index (χ2n) is 7.23. The van der Waals surface area contributed by atoms with Gasteiger partial charge in [-0.15, -0.1) is 0 Å². The highest BCUT2D eigenvalue weighted by molar-refractivity contribution is 5.86. The van der Waals surface area contributed by atoms with Gasteiger partial charge in [-0.2, -0.15) is 4.98 Å². The van der Waals surface area contributed by atoms with Crippen molar-refractivity contribution in [3.8, 4) is 0 Å². The van der Waals surface area contributed by atoms with Gasteiger partial charge in [0.1, 0.15) is 12.3 Å². The number of nitrogens with zero attached hydrogens (tertiary/aromatic N) is 3. The summed E-state index contributed by atoms with van der Waals surface area (Å²) in [6.07, 6.45) is -2.07. The summed E-state index contributed by atoms with van der Waals surface area (Å²) in [7, 11) is 0. The number of rotatable bonds is 4. The van der Waals surface area contributed by atoms with Crippen molar-refractivity contribution in [1.29, 1.82) is 0 Å². The summed E-state index contributed by atoms with van der Waals surface area (Å²) in [5.74, 6) is 0.267. The molecule has 3 atom stereocenters. The van der Waals surface area contributed by atoms with Crippen molar-refractivity contribution in [2.24, 2.45) is 0 Å². The third-order valence-corrected chi connectivity index (χ3v) is 5.25. The Morgan fingerprint density at radius 3 is 2.80 bits per heavy atom. The van der Waals surface area contributed by atoms with Crippen LogP contribution in [0.1, 0.15) is 12.6 Å². The van der Waals surface area contributed by atoms with E-state index in [4.69, 9.17) is 10.5 Å². The number of imidazole rings is 1. The summed E-state index contributed by atoms with van der Waals surface area (Å²) in [5, 5.41) is 25.0. The molecule has 0 spiro atoms. The van der Waals surface area contributed by atoms with E-state index in [1.807, 2.05) is 42.5 Å². The molecule has 1 saturated heterocycles. The highest BCUT2D eigenvalue weighted by Gasteiger charge is 2.37. The maximum atomic E-state index is 12.4. The second-order valence-corrected chi connectivity index (χ2v) is 7.23. The van der Waals surface area contributed by atoms with Crippen LogP contribution in [0, 0.1) is 0 Å². The van der Waals surface area contributed by atoms with Gasteiger partial charge in [-0.3, -0.25) is 14.3 Å². The number of fused-ring (bicyclic) bond motifs is 2. The van der Waals surface area contributed by atoms with Crippen molar-refractivity contribution >= 4 is 39.5 Å². The summed E-state index contributed by atoms with van der Waals surface area (Å²) >= 11 is 0. The fourth-order valence-electron chi connectivity index (χ4n) is 3.80. The lowest BCUT2D eigenvalue weighted by molar-refractivity contribution is -0.0425. The molecule has 0 bridgehead atoms. The second kappa shape index (κ2) is 7.10.